The zero-order chi connectivity index (χ0) is 15.4. The van der Waals surface area contributed by atoms with Gasteiger partial charge in [0.15, 0.2) is 0 Å². The van der Waals surface area contributed by atoms with Crippen molar-refractivity contribution < 1.29 is 9.66 Å². The van der Waals surface area contributed by atoms with Crippen LogP contribution in [0, 0.1) is 17.0 Å². The molecule has 1 N–H and O–H groups in total. The van der Waals surface area contributed by atoms with E-state index in [0.717, 1.165) is 10.0 Å². The fraction of sp³-hybridized carbons (Fsp3) is 0.200. The summed E-state index contributed by atoms with van der Waals surface area (Å²) < 4.78 is 6.83. The fourth-order valence-electron chi connectivity index (χ4n) is 2.01. The van der Waals surface area contributed by atoms with Crippen LogP contribution in [0.2, 0.25) is 0 Å². The third kappa shape index (κ3) is 3.59. The average Bonchev–Trinajstić information content (AvgIpc) is 2.44. The molecular formula is C15H15BrN2O3. The molecule has 0 unspecified atom stereocenters. The molecule has 0 spiro atoms. The Balaban J connectivity index is 2.39. The normalized spacial score (nSPS) is 10.4. The maximum atomic E-state index is 11.0. The first kappa shape index (κ1) is 15.5. The first-order chi connectivity index (χ1) is 10.0. The number of nitrogens with zero attached hydrogens (tertiary/aromatic N) is 1. The molecule has 0 aliphatic rings. The van der Waals surface area contributed by atoms with Crippen molar-refractivity contribution in [2.45, 2.75) is 13.5 Å². The minimum absolute atomic E-state index is 0.0554. The molecule has 2 aromatic carbocycles. The number of nitro groups is 1. The minimum atomic E-state index is -0.404. The quantitative estimate of drug-likeness (QED) is 0.648. The molecule has 0 aromatic heterocycles. The Kier molecular flexibility index (Phi) is 4.93. The van der Waals surface area contributed by atoms with E-state index >= 15 is 0 Å². The molecule has 0 saturated heterocycles. The van der Waals surface area contributed by atoms with Crippen LogP contribution >= 0.6 is 15.9 Å². The Labute approximate surface area is 131 Å². The molecule has 21 heavy (non-hydrogen) atoms. The second kappa shape index (κ2) is 6.69. The molecule has 2 rings (SSSR count). The number of hydrogen-bond donors (Lipinski definition) is 1. The van der Waals surface area contributed by atoms with E-state index in [9.17, 15) is 10.1 Å². The van der Waals surface area contributed by atoms with E-state index < -0.39 is 4.92 Å². The van der Waals surface area contributed by atoms with Crippen molar-refractivity contribution in [2.24, 2.45) is 0 Å². The third-order valence-corrected chi connectivity index (χ3v) is 3.56. The first-order valence-electron chi connectivity index (χ1n) is 6.38. The number of hydrogen-bond acceptors (Lipinski definition) is 4. The summed E-state index contributed by atoms with van der Waals surface area (Å²) in [6, 6.07) is 10.5. The summed E-state index contributed by atoms with van der Waals surface area (Å²) >= 11 is 3.42. The minimum Gasteiger partial charge on any atom is -0.456 e. The summed E-state index contributed by atoms with van der Waals surface area (Å²) in [6.45, 7) is 2.33. The molecule has 0 amide bonds. The lowest BCUT2D eigenvalue weighted by molar-refractivity contribution is -0.385. The van der Waals surface area contributed by atoms with Gasteiger partial charge in [0.05, 0.1) is 10.5 Å². The predicted molar refractivity (Wildman–Crippen MR) is 84.8 cm³/mol. The van der Waals surface area contributed by atoms with Crippen LogP contribution in [0.5, 0.6) is 11.5 Å². The van der Waals surface area contributed by atoms with E-state index in [1.54, 1.807) is 19.1 Å². The molecule has 110 valence electrons. The summed E-state index contributed by atoms with van der Waals surface area (Å²) in [5.41, 5.74) is 1.54. The fourth-order valence-corrected chi connectivity index (χ4v) is 2.41. The monoisotopic (exact) mass is 350 g/mol. The summed E-state index contributed by atoms with van der Waals surface area (Å²) in [7, 11) is 1.85. The highest BCUT2D eigenvalue weighted by Gasteiger charge is 2.15. The van der Waals surface area contributed by atoms with Crippen molar-refractivity contribution in [2.75, 3.05) is 7.05 Å². The predicted octanol–water partition coefficient (Wildman–Crippen LogP) is 4.18. The molecule has 0 saturated carbocycles. The lowest BCUT2D eigenvalue weighted by atomic mass is 10.1. The molecular weight excluding hydrogens is 336 g/mol. The van der Waals surface area contributed by atoms with Crippen LogP contribution in [-0.4, -0.2) is 12.0 Å². The molecule has 2 aromatic rings. The lowest BCUT2D eigenvalue weighted by Crippen LogP contribution is -2.06. The first-order valence-corrected chi connectivity index (χ1v) is 7.17. The van der Waals surface area contributed by atoms with Gasteiger partial charge in [-0.1, -0.05) is 22.0 Å². The van der Waals surface area contributed by atoms with Gasteiger partial charge in [-0.25, -0.2) is 0 Å². The summed E-state index contributed by atoms with van der Waals surface area (Å²) in [5, 5.41) is 14.0. The van der Waals surface area contributed by atoms with Crippen molar-refractivity contribution >= 4 is 21.6 Å². The SMILES string of the molecule is CNCc1cc(Br)ccc1Oc1cccc([N+](=O)[O-])c1C. The number of nitrogens with one attached hydrogen (secondary N) is 1. The zero-order valence-electron chi connectivity index (χ0n) is 11.7. The van der Waals surface area contributed by atoms with Crippen LogP contribution < -0.4 is 10.1 Å². The highest BCUT2D eigenvalue weighted by molar-refractivity contribution is 9.10. The third-order valence-electron chi connectivity index (χ3n) is 3.06. The van der Waals surface area contributed by atoms with Crippen LogP contribution in [0.4, 0.5) is 5.69 Å². The molecule has 0 bridgehead atoms. The van der Waals surface area contributed by atoms with E-state index in [-0.39, 0.29) is 5.69 Å². The maximum Gasteiger partial charge on any atom is 0.276 e. The van der Waals surface area contributed by atoms with Gasteiger partial charge in [-0.15, -0.1) is 0 Å². The van der Waals surface area contributed by atoms with Gasteiger partial charge in [-0.2, -0.15) is 0 Å². The van der Waals surface area contributed by atoms with Crippen LogP contribution in [0.15, 0.2) is 40.9 Å². The number of nitro benzene ring substituents is 1. The smallest absolute Gasteiger partial charge is 0.276 e. The summed E-state index contributed by atoms with van der Waals surface area (Å²) in [6.07, 6.45) is 0. The highest BCUT2D eigenvalue weighted by Crippen LogP contribution is 2.33. The average molecular weight is 351 g/mol. The molecule has 0 heterocycles. The molecule has 0 aliphatic heterocycles. The van der Waals surface area contributed by atoms with Gasteiger partial charge in [0, 0.05) is 22.6 Å². The summed E-state index contributed by atoms with van der Waals surface area (Å²) in [5.74, 6) is 1.17. The van der Waals surface area contributed by atoms with Gasteiger partial charge in [-0.3, -0.25) is 10.1 Å². The van der Waals surface area contributed by atoms with Crippen LogP contribution in [-0.2, 0) is 6.54 Å². The Morgan fingerprint density at radius 3 is 2.71 bits per heavy atom. The molecule has 0 atom stereocenters. The molecule has 5 nitrogen and oxygen atoms in total. The highest BCUT2D eigenvalue weighted by atomic mass is 79.9. The van der Waals surface area contributed by atoms with Gasteiger partial charge in [0.25, 0.3) is 5.69 Å². The molecule has 6 heteroatoms. The second-order valence-corrected chi connectivity index (χ2v) is 5.46. The number of halogens is 1. The van der Waals surface area contributed by atoms with Crippen molar-refractivity contribution in [1.82, 2.24) is 5.32 Å². The van der Waals surface area contributed by atoms with Gasteiger partial charge < -0.3 is 10.1 Å². The Bertz CT molecular complexity index is 674. The zero-order valence-corrected chi connectivity index (χ0v) is 13.3. The number of rotatable bonds is 5. The van der Waals surface area contributed by atoms with Crippen LogP contribution in [0.25, 0.3) is 0 Å². The molecule has 0 radical (unpaired) electrons. The number of ether oxygens (including phenoxy) is 1. The van der Waals surface area contributed by atoms with E-state index in [1.807, 2.05) is 25.2 Å². The maximum absolute atomic E-state index is 11.0. The molecule has 0 aliphatic carbocycles. The Hall–Kier alpha value is -1.92. The topological polar surface area (TPSA) is 64.4 Å². The van der Waals surface area contributed by atoms with Gasteiger partial charge >= 0.3 is 0 Å². The van der Waals surface area contributed by atoms with Gasteiger partial charge in [0.2, 0.25) is 0 Å². The number of benzene rings is 2. The van der Waals surface area contributed by atoms with Gasteiger partial charge in [0.1, 0.15) is 11.5 Å². The summed E-state index contributed by atoms with van der Waals surface area (Å²) in [4.78, 5) is 10.6. The van der Waals surface area contributed by atoms with Crippen LogP contribution in [0.3, 0.4) is 0 Å². The van der Waals surface area contributed by atoms with Crippen molar-refractivity contribution in [1.29, 1.82) is 0 Å². The van der Waals surface area contributed by atoms with E-state index in [2.05, 4.69) is 21.2 Å². The van der Waals surface area contributed by atoms with Crippen molar-refractivity contribution in [3.63, 3.8) is 0 Å². The Morgan fingerprint density at radius 1 is 1.29 bits per heavy atom. The Morgan fingerprint density at radius 2 is 2.05 bits per heavy atom. The van der Waals surface area contributed by atoms with E-state index in [0.29, 0.717) is 23.6 Å². The molecule has 0 fully saturated rings. The largest absolute Gasteiger partial charge is 0.456 e. The van der Waals surface area contributed by atoms with Crippen molar-refractivity contribution in [3.8, 4) is 11.5 Å². The van der Waals surface area contributed by atoms with E-state index in [4.69, 9.17) is 4.74 Å². The van der Waals surface area contributed by atoms with Crippen molar-refractivity contribution in [3.05, 3.63) is 62.1 Å². The van der Waals surface area contributed by atoms with E-state index in [1.165, 1.54) is 6.07 Å². The lowest BCUT2D eigenvalue weighted by Gasteiger charge is -2.13. The standard InChI is InChI=1S/C15H15BrN2O3/c1-10-13(18(19)20)4-3-5-14(10)21-15-7-6-12(16)8-11(15)9-17-2/h3-8,17H,9H2,1-2H3. The van der Waals surface area contributed by atoms with Gasteiger partial charge in [-0.05, 0) is 38.2 Å². The second-order valence-electron chi connectivity index (χ2n) is 4.54. The van der Waals surface area contributed by atoms with Crippen LogP contribution in [0.1, 0.15) is 11.1 Å².